The second kappa shape index (κ2) is 12.3. The Hall–Kier alpha value is -3.02. The summed E-state index contributed by atoms with van der Waals surface area (Å²) in [4.78, 5) is 58.5. The fourth-order valence-corrected chi connectivity index (χ4v) is 7.39. The van der Waals surface area contributed by atoms with Crippen molar-refractivity contribution >= 4 is 39.6 Å². The Balaban J connectivity index is 1.61. The molecule has 0 saturated carbocycles. The van der Waals surface area contributed by atoms with E-state index in [2.05, 4.69) is 21.2 Å². The van der Waals surface area contributed by atoms with Gasteiger partial charge < -0.3 is 29.7 Å². The van der Waals surface area contributed by atoms with E-state index in [1.54, 1.807) is 11.0 Å². The molecule has 0 aliphatic carbocycles. The first-order valence-corrected chi connectivity index (χ1v) is 15.4. The molecule has 5 rings (SSSR count). The van der Waals surface area contributed by atoms with E-state index in [-0.39, 0.29) is 44.0 Å². The van der Waals surface area contributed by atoms with Gasteiger partial charge in [-0.25, -0.2) is 0 Å². The van der Waals surface area contributed by atoms with E-state index in [4.69, 9.17) is 9.47 Å². The average molecular weight is 645 g/mol. The van der Waals surface area contributed by atoms with E-state index < -0.39 is 53.6 Å². The van der Waals surface area contributed by atoms with Crippen LogP contribution in [0, 0.1) is 11.8 Å². The first-order chi connectivity index (χ1) is 20.1. The van der Waals surface area contributed by atoms with Gasteiger partial charge in [-0.15, -0.1) is 0 Å². The van der Waals surface area contributed by atoms with Gasteiger partial charge in [0.2, 0.25) is 17.7 Å². The predicted molar refractivity (Wildman–Crippen MR) is 157 cm³/mol. The maximum atomic E-state index is 14.4. The normalized spacial score (nSPS) is 33.4. The zero-order valence-corrected chi connectivity index (χ0v) is 25.7. The van der Waals surface area contributed by atoms with Gasteiger partial charge in [-0.3, -0.25) is 19.2 Å². The van der Waals surface area contributed by atoms with Crippen LogP contribution in [0.4, 0.5) is 0 Å². The second-order valence-corrected chi connectivity index (χ2v) is 12.5. The molecular weight excluding hydrogens is 606 g/mol. The summed E-state index contributed by atoms with van der Waals surface area (Å²) in [7, 11) is 0. The quantitative estimate of drug-likeness (QED) is 0.373. The van der Waals surface area contributed by atoms with E-state index in [1.807, 2.05) is 63.3 Å². The van der Waals surface area contributed by atoms with Crippen LogP contribution in [-0.4, -0.2) is 88.1 Å². The lowest BCUT2D eigenvalue weighted by Gasteiger charge is -2.39. The van der Waals surface area contributed by atoms with Gasteiger partial charge in [-0.1, -0.05) is 65.3 Å². The molecule has 0 aromatic heterocycles. The van der Waals surface area contributed by atoms with Crippen molar-refractivity contribution in [2.75, 3.05) is 19.7 Å². The third kappa shape index (κ3) is 5.20. The summed E-state index contributed by atoms with van der Waals surface area (Å²) in [5.74, 6) is -3.63. The molecule has 0 unspecified atom stereocenters. The summed E-state index contributed by atoms with van der Waals surface area (Å²) in [5.41, 5.74) is -0.714. The van der Waals surface area contributed by atoms with Crippen LogP contribution in [0.25, 0.3) is 0 Å². The van der Waals surface area contributed by atoms with Crippen LogP contribution < -0.4 is 5.32 Å². The van der Waals surface area contributed by atoms with Gasteiger partial charge in [0.25, 0.3) is 0 Å². The van der Waals surface area contributed by atoms with Crippen molar-refractivity contribution < 1.29 is 33.8 Å². The largest absolute Gasteiger partial charge is 0.455 e. The van der Waals surface area contributed by atoms with Crippen LogP contribution in [0.1, 0.15) is 51.7 Å². The number of esters is 1. The molecule has 4 heterocycles. The molecular formula is C31H38BrN3O7. The molecule has 11 heteroatoms. The van der Waals surface area contributed by atoms with Crippen molar-refractivity contribution in [2.24, 2.45) is 11.8 Å². The Morgan fingerprint density at radius 1 is 1.12 bits per heavy atom. The third-order valence-corrected chi connectivity index (χ3v) is 9.45. The van der Waals surface area contributed by atoms with Gasteiger partial charge in [-0.05, 0) is 38.3 Å². The highest BCUT2D eigenvalue weighted by Crippen LogP contribution is 2.59. The van der Waals surface area contributed by atoms with Crippen LogP contribution in [-0.2, 0) is 28.7 Å². The summed E-state index contributed by atoms with van der Waals surface area (Å²) in [5, 5.41) is 13.2. The molecule has 10 nitrogen and oxygen atoms in total. The first-order valence-electron chi connectivity index (χ1n) is 14.6. The third-order valence-electron chi connectivity index (χ3n) is 8.77. The zero-order valence-electron chi connectivity index (χ0n) is 24.1. The number of halogens is 1. The van der Waals surface area contributed by atoms with E-state index in [9.17, 15) is 24.3 Å². The van der Waals surface area contributed by atoms with Crippen LogP contribution >= 0.6 is 15.9 Å². The smallest absolute Gasteiger partial charge is 0.313 e. The van der Waals surface area contributed by atoms with Crippen molar-refractivity contribution in [1.82, 2.24) is 15.1 Å². The summed E-state index contributed by atoms with van der Waals surface area (Å²) in [6.45, 7) is 5.62. The summed E-state index contributed by atoms with van der Waals surface area (Å²) in [6, 6.07) is 7.18. The summed E-state index contributed by atoms with van der Waals surface area (Å²) < 4.78 is 13.1. The first kappa shape index (κ1) is 30.4. The number of ether oxygens (including phenoxy) is 2. The molecule has 226 valence electrons. The number of allylic oxidation sites excluding steroid dienone is 1. The number of aliphatic hydroxyl groups excluding tert-OH is 1. The Kier molecular flexibility index (Phi) is 8.91. The molecule has 7 atom stereocenters. The van der Waals surface area contributed by atoms with E-state index in [1.165, 1.54) is 4.90 Å². The van der Waals surface area contributed by atoms with Crippen molar-refractivity contribution in [3.8, 4) is 0 Å². The van der Waals surface area contributed by atoms with Gasteiger partial charge in [0.05, 0.1) is 25.1 Å². The van der Waals surface area contributed by atoms with Crippen LogP contribution in [0.3, 0.4) is 0 Å². The molecule has 42 heavy (non-hydrogen) atoms. The number of aliphatic hydroxyl groups is 1. The number of fused-ring (bicyclic) bond motifs is 2. The number of benzene rings is 1. The van der Waals surface area contributed by atoms with Gasteiger partial charge >= 0.3 is 5.97 Å². The lowest BCUT2D eigenvalue weighted by Crippen LogP contribution is -2.59. The van der Waals surface area contributed by atoms with Gasteiger partial charge in [0, 0.05) is 23.5 Å². The molecule has 5 bridgehead atoms. The summed E-state index contributed by atoms with van der Waals surface area (Å²) in [6.07, 6.45) is 4.98. The molecule has 1 aromatic carbocycles. The van der Waals surface area contributed by atoms with Crippen LogP contribution in [0.2, 0.25) is 0 Å². The minimum Gasteiger partial charge on any atom is -0.455 e. The highest BCUT2D eigenvalue weighted by Gasteiger charge is 2.75. The minimum atomic E-state index is -1.41. The lowest BCUT2D eigenvalue weighted by atomic mass is 9.74. The molecule has 2 N–H and O–H groups in total. The number of cyclic esters (lactones) is 1. The van der Waals surface area contributed by atoms with Gasteiger partial charge in [-0.2, -0.15) is 0 Å². The monoisotopic (exact) mass is 643 g/mol. The fraction of sp³-hybridized carbons (Fsp3) is 0.548. The molecule has 4 aliphatic rings. The minimum absolute atomic E-state index is 0.0636. The predicted octanol–water partition coefficient (Wildman–Crippen LogP) is 2.62. The molecule has 1 aromatic rings. The van der Waals surface area contributed by atoms with Crippen molar-refractivity contribution in [3.05, 3.63) is 58.6 Å². The van der Waals surface area contributed by atoms with Crippen molar-refractivity contribution in [3.63, 3.8) is 0 Å². The van der Waals surface area contributed by atoms with Crippen molar-refractivity contribution in [2.45, 2.75) is 76.0 Å². The number of nitrogens with zero attached hydrogens (tertiary/aromatic N) is 2. The Morgan fingerprint density at radius 3 is 2.52 bits per heavy atom. The van der Waals surface area contributed by atoms with Crippen molar-refractivity contribution in [1.29, 1.82) is 0 Å². The molecule has 2 saturated heterocycles. The molecule has 3 amide bonds. The number of hydrogen-bond acceptors (Lipinski definition) is 7. The Labute approximate surface area is 254 Å². The average Bonchev–Trinajstić information content (AvgIpc) is 3.56. The fourth-order valence-electron chi connectivity index (χ4n) is 6.65. The number of carbonyl (C=O) groups excluding carboxylic acids is 4. The number of nitrogens with one attached hydrogen (secondary N) is 1. The highest BCUT2D eigenvalue weighted by molar-refractivity contribution is 9.11. The van der Waals surface area contributed by atoms with Gasteiger partial charge in [0.1, 0.15) is 29.8 Å². The topological polar surface area (TPSA) is 125 Å². The SMILES string of the molecule is CC[C@@H](CO)N1C(=O)[C@@H]2[C@H]3C(=O)O[C@@H](c4ccccc4)CNC(=O)CC/C=C\CN(C(C)C)C(=O)[C@@H]1[C@]21C=C(Br)[C@H]3O1. The van der Waals surface area contributed by atoms with Crippen LogP contribution in [0.15, 0.2) is 53.0 Å². The Morgan fingerprint density at radius 2 is 1.86 bits per heavy atom. The summed E-state index contributed by atoms with van der Waals surface area (Å²) >= 11 is 3.56. The number of likely N-dealkylation sites (tertiary alicyclic amines) is 1. The lowest BCUT2D eigenvalue weighted by molar-refractivity contribution is -0.160. The zero-order chi connectivity index (χ0) is 30.2. The van der Waals surface area contributed by atoms with E-state index in [0.29, 0.717) is 22.9 Å². The van der Waals surface area contributed by atoms with Crippen LogP contribution in [0.5, 0.6) is 0 Å². The maximum absolute atomic E-state index is 14.4. The number of amides is 3. The molecule has 4 aliphatic heterocycles. The highest BCUT2D eigenvalue weighted by atomic mass is 79.9. The second-order valence-electron chi connectivity index (χ2n) is 11.6. The van der Waals surface area contributed by atoms with E-state index >= 15 is 0 Å². The molecule has 1 spiro atoms. The Bertz CT molecular complexity index is 1280. The number of carbonyl (C=O) groups is 4. The maximum Gasteiger partial charge on any atom is 0.313 e. The molecule has 0 radical (unpaired) electrons. The van der Waals surface area contributed by atoms with Gasteiger partial charge in [0.15, 0.2) is 0 Å². The number of hydrogen-bond donors (Lipinski definition) is 2. The molecule has 2 fully saturated rings. The standard InChI is InChI=1S/C31H38BrN3O7/c1-4-20(17-36)35-27-29(39)34(18(2)3)14-10-6-9-13-23(37)33-16-22(19-11-7-5-8-12-19)41-30(40)24-25(28(35)38)31(27)15-21(32)26(24)42-31/h5-8,10-12,15,18,20,22,24-27,36H,4,9,13-14,16-17H2,1-3H3,(H,33,37)/b10-6-/t20-,22+,24+,25-,26+,27+,31-/m0/s1. The number of rotatable bonds is 5. The van der Waals surface area contributed by atoms with E-state index in [0.717, 1.165) is 0 Å².